The molecule has 96 valence electrons. The topological polar surface area (TPSA) is 69.6 Å². The first-order valence-electron chi connectivity index (χ1n) is 5.89. The van der Waals surface area contributed by atoms with Crippen LogP contribution >= 0.6 is 0 Å². The fourth-order valence-electron chi connectivity index (χ4n) is 2.06. The van der Waals surface area contributed by atoms with Crippen molar-refractivity contribution >= 4 is 10.0 Å². The zero-order valence-electron chi connectivity index (χ0n) is 9.85. The third-order valence-corrected chi connectivity index (χ3v) is 5.12. The van der Waals surface area contributed by atoms with Crippen LogP contribution in [0.15, 0.2) is 0 Å². The van der Waals surface area contributed by atoms with Gasteiger partial charge in [-0.2, -0.15) is 4.31 Å². The van der Waals surface area contributed by atoms with E-state index in [1.54, 1.807) is 6.92 Å². The molecule has 2 N–H and O–H groups in total. The van der Waals surface area contributed by atoms with Gasteiger partial charge in [0.25, 0.3) is 0 Å². The molecule has 0 bridgehead atoms. The highest BCUT2D eigenvalue weighted by Crippen LogP contribution is 2.16. The Kier molecular flexibility index (Phi) is 5.68. The molecule has 1 saturated heterocycles. The summed E-state index contributed by atoms with van der Waals surface area (Å²) < 4.78 is 25.4. The van der Waals surface area contributed by atoms with Crippen LogP contribution in [-0.2, 0) is 10.0 Å². The Hall–Kier alpha value is -0.170. The molecule has 0 radical (unpaired) electrons. The quantitative estimate of drug-likeness (QED) is 0.675. The van der Waals surface area contributed by atoms with Gasteiger partial charge >= 0.3 is 0 Å². The van der Waals surface area contributed by atoms with Crippen LogP contribution in [-0.4, -0.2) is 56.4 Å². The van der Waals surface area contributed by atoms with E-state index >= 15 is 0 Å². The summed E-state index contributed by atoms with van der Waals surface area (Å²) in [7, 11) is -3.19. The number of aliphatic hydroxyl groups is 1. The lowest BCUT2D eigenvalue weighted by Crippen LogP contribution is -2.39. The second-order valence-corrected chi connectivity index (χ2v) is 6.20. The van der Waals surface area contributed by atoms with Crippen molar-refractivity contribution in [1.82, 2.24) is 9.62 Å². The van der Waals surface area contributed by atoms with E-state index in [1.165, 1.54) is 4.31 Å². The van der Waals surface area contributed by atoms with Gasteiger partial charge in [0.2, 0.25) is 10.0 Å². The first-order chi connectivity index (χ1) is 7.60. The van der Waals surface area contributed by atoms with Crippen molar-refractivity contribution in [3.8, 4) is 0 Å². The normalized spacial score (nSPS) is 19.2. The summed E-state index contributed by atoms with van der Waals surface area (Å²) in [5.74, 6) is 0.488. The molecular formula is C10H22N2O3S. The van der Waals surface area contributed by atoms with E-state index in [0.29, 0.717) is 6.54 Å². The molecule has 6 heteroatoms. The lowest BCUT2D eigenvalue weighted by molar-refractivity contribution is 0.256. The van der Waals surface area contributed by atoms with Gasteiger partial charge < -0.3 is 10.4 Å². The highest BCUT2D eigenvalue weighted by atomic mass is 32.2. The Morgan fingerprint density at radius 2 is 2.00 bits per heavy atom. The van der Waals surface area contributed by atoms with Gasteiger partial charge in [-0.1, -0.05) is 6.92 Å². The predicted molar refractivity (Wildman–Crippen MR) is 63.7 cm³/mol. The van der Waals surface area contributed by atoms with Gasteiger partial charge in [0.05, 0.1) is 12.4 Å². The van der Waals surface area contributed by atoms with Crippen LogP contribution in [0.2, 0.25) is 0 Å². The van der Waals surface area contributed by atoms with Gasteiger partial charge in [-0.05, 0) is 31.8 Å². The number of aliphatic hydroxyl groups excluding tert-OH is 1. The molecule has 1 aliphatic rings. The number of sulfonamides is 1. The molecule has 0 aromatic rings. The van der Waals surface area contributed by atoms with Gasteiger partial charge in [0, 0.05) is 13.1 Å². The second kappa shape index (κ2) is 6.54. The molecule has 0 aromatic heterocycles. The van der Waals surface area contributed by atoms with E-state index in [9.17, 15) is 8.42 Å². The van der Waals surface area contributed by atoms with Crippen LogP contribution < -0.4 is 5.32 Å². The minimum absolute atomic E-state index is 0.112. The monoisotopic (exact) mass is 250 g/mol. The SMILES string of the molecule is CCN(CCO)S(=O)(=O)CC1CCNCC1. The maximum absolute atomic E-state index is 12.0. The summed E-state index contributed by atoms with van der Waals surface area (Å²) in [4.78, 5) is 0. The summed E-state index contributed by atoms with van der Waals surface area (Å²) in [5, 5.41) is 12.0. The highest BCUT2D eigenvalue weighted by Gasteiger charge is 2.25. The van der Waals surface area contributed by atoms with Crippen molar-refractivity contribution < 1.29 is 13.5 Å². The third-order valence-electron chi connectivity index (χ3n) is 3.00. The zero-order chi connectivity index (χ0) is 12.0. The van der Waals surface area contributed by atoms with Crippen molar-refractivity contribution in [1.29, 1.82) is 0 Å². The highest BCUT2D eigenvalue weighted by molar-refractivity contribution is 7.89. The van der Waals surface area contributed by atoms with Crippen molar-refractivity contribution in [2.75, 3.05) is 38.5 Å². The van der Waals surface area contributed by atoms with Crippen LogP contribution in [0.1, 0.15) is 19.8 Å². The minimum atomic E-state index is -3.19. The molecule has 0 unspecified atom stereocenters. The molecule has 1 heterocycles. The minimum Gasteiger partial charge on any atom is -0.395 e. The molecule has 1 rings (SSSR count). The number of piperidine rings is 1. The Bertz CT molecular complexity index is 286. The largest absolute Gasteiger partial charge is 0.395 e. The molecule has 0 amide bonds. The Morgan fingerprint density at radius 1 is 1.38 bits per heavy atom. The molecule has 0 spiro atoms. The molecular weight excluding hydrogens is 228 g/mol. The van der Waals surface area contributed by atoms with Crippen LogP contribution in [0.3, 0.4) is 0 Å². The first kappa shape index (κ1) is 13.9. The van der Waals surface area contributed by atoms with Crippen LogP contribution in [0.25, 0.3) is 0 Å². The maximum Gasteiger partial charge on any atom is 0.214 e. The smallest absolute Gasteiger partial charge is 0.214 e. The van der Waals surface area contributed by atoms with Crippen LogP contribution in [0, 0.1) is 5.92 Å². The summed E-state index contributed by atoms with van der Waals surface area (Å²) in [6.45, 7) is 4.16. The van der Waals surface area contributed by atoms with Gasteiger partial charge in [-0.15, -0.1) is 0 Å². The molecule has 16 heavy (non-hydrogen) atoms. The van der Waals surface area contributed by atoms with Crippen LogP contribution in [0.5, 0.6) is 0 Å². The predicted octanol–water partition coefficient (Wildman–Crippen LogP) is -0.370. The number of nitrogens with one attached hydrogen (secondary N) is 1. The third kappa shape index (κ3) is 4.01. The lowest BCUT2D eigenvalue weighted by atomic mass is 10.0. The van der Waals surface area contributed by atoms with Gasteiger partial charge in [-0.25, -0.2) is 8.42 Å². The molecule has 0 saturated carbocycles. The average Bonchev–Trinajstić information content (AvgIpc) is 2.26. The van der Waals surface area contributed by atoms with E-state index in [0.717, 1.165) is 25.9 Å². The van der Waals surface area contributed by atoms with Crippen molar-refractivity contribution in [3.63, 3.8) is 0 Å². The zero-order valence-corrected chi connectivity index (χ0v) is 10.7. The second-order valence-electron chi connectivity index (χ2n) is 4.19. The van der Waals surface area contributed by atoms with Gasteiger partial charge in [-0.3, -0.25) is 0 Å². The summed E-state index contributed by atoms with van der Waals surface area (Å²) in [5.41, 5.74) is 0. The standard InChI is InChI=1S/C10H22N2O3S/c1-2-12(7-8-13)16(14,15)9-10-3-5-11-6-4-10/h10-11,13H,2-9H2,1H3. The first-order valence-corrected chi connectivity index (χ1v) is 7.50. The van der Waals surface area contributed by atoms with Crippen molar-refractivity contribution in [2.24, 2.45) is 5.92 Å². The molecule has 0 atom stereocenters. The van der Waals surface area contributed by atoms with Gasteiger partial charge in [0.15, 0.2) is 0 Å². The molecule has 5 nitrogen and oxygen atoms in total. The number of hydrogen-bond acceptors (Lipinski definition) is 4. The van der Waals surface area contributed by atoms with Crippen molar-refractivity contribution in [3.05, 3.63) is 0 Å². The van der Waals surface area contributed by atoms with Gasteiger partial charge in [0.1, 0.15) is 0 Å². The molecule has 0 aliphatic carbocycles. The Balaban J connectivity index is 2.54. The lowest BCUT2D eigenvalue weighted by Gasteiger charge is -2.26. The summed E-state index contributed by atoms with van der Waals surface area (Å²) in [6.07, 6.45) is 1.85. The maximum atomic E-state index is 12.0. The van der Waals surface area contributed by atoms with E-state index < -0.39 is 10.0 Å². The molecule has 1 aliphatic heterocycles. The number of nitrogens with zero attached hydrogens (tertiary/aromatic N) is 1. The van der Waals surface area contributed by atoms with E-state index in [1.807, 2.05) is 0 Å². The number of rotatable bonds is 6. The summed E-state index contributed by atoms with van der Waals surface area (Å²) >= 11 is 0. The fraction of sp³-hybridized carbons (Fsp3) is 1.00. The number of likely N-dealkylation sites (N-methyl/N-ethyl adjacent to an activating group) is 1. The Labute approximate surface area is 97.9 Å². The van der Waals surface area contributed by atoms with E-state index in [2.05, 4.69) is 5.32 Å². The molecule has 0 aromatic carbocycles. The summed E-state index contributed by atoms with van der Waals surface area (Å²) in [6, 6.07) is 0. The van der Waals surface area contributed by atoms with E-state index in [-0.39, 0.29) is 24.8 Å². The molecule has 1 fully saturated rings. The number of hydrogen-bond donors (Lipinski definition) is 2. The van der Waals surface area contributed by atoms with Crippen molar-refractivity contribution in [2.45, 2.75) is 19.8 Å². The van der Waals surface area contributed by atoms with Crippen LogP contribution in [0.4, 0.5) is 0 Å². The van der Waals surface area contributed by atoms with E-state index in [4.69, 9.17) is 5.11 Å². The average molecular weight is 250 g/mol. The fourth-order valence-corrected chi connectivity index (χ4v) is 3.95. The Morgan fingerprint density at radius 3 is 2.50 bits per heavy atom.